The van der Waals surface area contributed by atoms with Crippen LogP contribution in [0, 0.1) is 0 Å². The van der Waals surface area contributed by atoms with E-state index in [4.69, 9.17) is 20.8 Å². The summed E-state index contributed by atoms with van der Waals surface area (Å²) in [5, 5.41) is 11.6. The van der Waals surface area contributed by atoms with Crippen LogP contribution in [0.2, 0.25) is 4.34 Å². The second kappa shape index (κ2) is 8.86. The first-order valence-corrected chi connectivity index (χ1v) is 11.9. The Labute approximate surface area is 183 Å². The molecule has 7 nitrogen and oxygen atoms in total. The molecule has 0 bridgehead atoms. The third-order valence-electron chi connectivity index (χ3n) is 4.17. The largest absolute Gasteiger partial charge is 0.462 e. The topological polar surface area (TPSA) is 94.3 Å². The van der Waals surface area contributed by atoms with Gasteiger partial charge in [-0.3, -0.25) is 4.79 Å². The quantitative estimate of drug-likeness (QED) is 0.388. The molecule has 3 heterocycles. The van der Waals surface area contributed by atoms with E-state index in [0.29, 0.717) is 32.6 Å². The standard InChI is InChI=1S/C18H16ClN3O4S3/c1-2-25-17(24)14-9-4-3-5-10(9)29-16(14)20-13(23)8-27-18-22-21-15(26-18)11-6-7-12(19)28-11/h6-7H,2-5,8H2,1H3,(H,20,23). The predicted molar refractivity (Wildman–Crippen MR) is 114 cm³/mol. The normalized spacial score (nSPS) is 12.8. The highest BCUT2D eigenvalue weighted by molar-refractivity contribution is 7.99. The van der Waals surface area contributed by atoms with Crippen molar-refractivity contribution in [1.82, 2.24) is 10.2 Å². The lowest BCUT2D eigenvalue weighted by Crippen LogP contribution is -2.16. The molecule has 1 amide bonds. The van der Waals surface area contributed by atoms with Gasteiger partial charge in [0.1, 0.15) is 5.00 Å². The van der Waals surface area contributed by atoms with E-state index in [1.165, 1.54) is 22.7 Å². The van der Waals surface area contributed by atoms with E-state index in [1.807, 2.05) is 0 Å². The van der Waals surface area contributed by atoms with Crippen molar-refractivity contribution < 1.29 is 18.7 Å². The number of thiophene rings is 2. The fourth-order valence-corrected chi connectivity index (χ4v) is 5.82. The lowest BCUT2D eigenvalue weighted by atomic mass is 10.1. The highest BCUT2D eigenvalue weighted by Gasteiger charge is 2.28. The van der Waals surface area contributed by atoms with Crippen molar-refractivity contribution in [3.8, 4) is 10.8 Å². The van der Waals surface area contributed by atoms with Crippen LogP contribution in [0.5, 0.6) is 0 Å². The van der Waals surface area contributed by atoms with Gasteiger partial charge in [0.2, 0.25) is 5.91 Å². The summed E-state index contributed by atoms with van der Waals surface area (Å²) < 4.78 is 11.4. The number of aromatic nitrogens is 2. The Morgan fingerprint density at radius 1 is 1.31 bits per heavy atom. The summed E-state index contributed by atoms with van der Waals surface area (Å²) in [5.41, 5.74) is 1.50. The van der Waals surface area contributed by atoms with E-state index in [0.717, 1.165) is 46.3 Å². The molecule has 0 aromatic carbocycles. The molecular weight excluding hydrogens is 454 g/mol. The Morgan fingerprint density at radius 2 is 2.17 bits per heavy atom. The van der Waals surface area contributed by atoms with Crippen molar-refractivity contribution in [2.24, 2.45) is 0 Å². The number of rotatable bonds is 7. The number of ether oxygens (including phenoxy) is 1. The van der Waals surface area contributed by atoms with Gasteiger partial charge in [-0.1, -0.05) is 23.4 Å². The molecule has 1 aliphatic rings. The van der Waals surface area contributed by atoms with Crippen LogP contribution in [0.25, 0.3) is 10.8 Å². The average Bonchev–Trinajstić information content (AvgIpc) is 3.44. The van der Waals surface area contributed by atoms with Gasteiger partial charge in [-0.25, -0.2) is 4.79 Å². The molecule has 152 valence electrons. The van der Waals surface area contributed by atoms with Gasteiger partial charge in [0, 0.05) is 4.88 Å². The molecule has 29 heavy (non-hydrogen) atoms. The highest BCUT2D eigenvalue weighted by atomic mass is 35.5. The molecule has 0 fully saturated rings. The number of halogens is 1. The van der Waals surface area contributed by atoms with Crippen LogP contribution in [0.3, 0.4) is 0 Å². The van der Waals surface area contributed by atoms with E-state index in [9.17, 15) is 9.59 Å². The summed E-state index contributed by atoms with van der Waals surface area (Å²) in [4.78, 5) is 26.7. The first kappa shape index (κ1) is 20.4. The number of nitrogens with zero attached hydrogens (tertiary/aromatic N) is 2. The number of carbonyl (C=O) groups is 2. The maximum Gasteiger partial charge on any atom is 0.341 e. The summed E-state index contributed by atoms with van der Waals surface area (Å²) in [6, 6.07) is 3.56. The summed E-state index contributed by atoms with van der Waals surface area (Å²) in [6.45, 7) is 2.06. The Kier molecular flexibility index (Phi) is 6.23. The van der Waals surface area contributed by atoms with Gasteiger partial charge in [-0.15, -0.1) is 32.9 Å². The van der Waals surface area contributed by atoms with Gasteiger partial charge >= 0.3 is 5.97 Å². The number of esters is 1. The maximum atomic E-state index is 12.4. The van der Waals surface area contributed by atoms with Crippen molar-refractivity contribution >= 4 is 62.9 Å². The number of nitrogens with one attached hydrogen (secondary N) is 1. The van der Waals surface area contributed by atoms with Crippen LogP contribution in [-0.2, 0) is 22.4 Å². The van der Waals surface area contributed by atoms with Gasteiger partial charge in [0.25, 0.3) is 11.1 Å². The number of hydrogen-bond acceptors (Lipinski definition) is 9. The first-order valence-electron chi connectivity index (χ1n) is 8.88. The average molecular weight is 470 g/mol. The Hall–Kier alpha value is -1.88. The molecule has 0 atom stereocenters. The number of anilines is 1. The minimum Gasteiger partial charge on any atom is -0.462 e. The summed E-state index contributed by atoms with van der Waals surface area (Å²) in [5.74, 6) is -0.188. The molecule has 3 aromatic rings. The molecule has 0 aliphatic heterocycles. The van der Waals surface area contributed by atoms with Gasteiger partial charge in [0.15, 0.2) is 0 Å². The van der Waals surface area contributed by atoms with Gasteiger partial charge in [-0.2, -0.15) is 0 Å². The smallest absolute Gasteiger partial charge is 0.341 e. The van der Waals surface area contributed by atoms with Crippen molar-refractivity contribution in [3.63, 3.8) is 0 Å². The molecule has 3 aromatic heterocycles. The first-order chi connectivity index (χ1) is 14.0. The Balaban J connectivity index is 1.40. The van der Waals surface area contributed by atoms with Crippen molar-refractivity contribution in [1.29, 1.82) is 0 Å². The zero-order chi connectivity index (χ0) is 20.4. The third-order valence-corrected chi connectivity index (χ3v) is 7.42. The number of amides is 1. The zero-order valence-electron chi connectivity index (χ0n) is 15.3. The van der Waals surface area contributed by atoms with Crippen LogP contribution < -0.4 is 5.32 Å². The predicted octanol–water partition coefficient (Wildman–Crippen LogP) is 4.91. The minimum atomic E-state index is -0.383. The van der Waals surface area contributed by atoms with Crippen LogP contribution in [0.4, 0.5) is 5.00 Å². The van der Waals surface area contributed by atoms with Crippen LogP contribution in [0.15, 0.2) is 21.8 Å². The highest BCUT2D eigenvalue weighted by Crippen LogP contribution is 2.39. The van der Waals surface area contributed by atoms with Gasteiger partial charge in [-0.05, 0) is 43.9 Å². The molecule has 0 radical (unpaired) electrons. The molecule has 1 N–H and O–H groups in total. The second-order valence-corrected chi connectivity index (χ2v) is 9.84. The molecule has 11 heteroatoms. The molecule has 0 saturated carbocycles. The number of aryl methyl sites for hydroxylation is 1. The zero-order valence-corrected chi connectivity index (χ0v) is 18.5. The maximum absolute atomic E-state index is 12.4. The summed E-state index contributed by atoms with van der Waals surface area (Å²) >= 11 is 9.84. The van der Waals surface area contributed by atoms with E-state index < -0.39 is 0 Å². The summed E-state index contributed by atoms with van der Waals surface area (Å²) in [6.07, 6.45) is 2.78. The molecular formula is C18H16ClN3O4S3. The van der Waals surface area contributed by atoms with E-state index in [-0.39, 0.29) is 17.6 Å². The van der Waals surface area contributed by atoms with Crippen molar-refractivity contribution in [3.05, 3.63) is 32.5 Å². The summed E-state index contributed by atoms with van der Waals surface area (Å²) in [7, 11) is 0. The molecule has 0 unspecified atom stereocenters. The van der Waals surface area contributed by atoms with Crippen molar-refractivity contribution in [2.75, 3.05) is 17.7 Å². The van der Waals surface area contributed by atoms with Crippen molar-refractivity contribution in [2.45, 2.75) is 31.4 Å². The third kappa shape index (κ3) is 4.50. The number of thioether (sulfide) groups is 1. The van der Waals surface area contributed by atoms with Crippen LogP contribution in [0.1, 0.15) is 34.1 Å². The van der Waals surface area contributed by atoms with Crippen LogP contribution in [-0.4, -0.2) is 34.4 Å². The van der Waals surface area contributed by atoms with Crippen LogP contribution >= 0.6 is 46.0 Å². The van der Waals surface area contributed by atoms with E-state index in [1.54, 1.807) is 19.1 Å². The Bertz CT molecular complexity index is 1060. The fraction of sp³-hybridized carbons (Fsp3) is 0.333. The number of carbonyl (C=O) groups excluding carboxylic acids is 2. The van der Waals surface area contributed by atoms with Gasteiger partial charge < -0.3 is 14.5 Å². The minimum absolute atomic E-state index is 0.0810. The number of hydrogen-bond donors (Lipinski definition) is 1. The lowest BCUT2D eigenvalue weighted by molar-refractivity contribution is -0.113. The second-order valence-electron chi connectivity index (χ2n) is 6.10. The Morgan fingerprint density at radius 3 is 2.93 bits per heavy atom. The lowest BCUT2D eigenvalue weighted by Gasteiger charge is -2.07. The van der Waals surface area contributed by atoms with E-state index >= 15 is 0 Å². The molecule has 4 rings (SSSR count). The SMILES string of the molecule is CCOC(=O)c1c(NC(=O)CSc2nnc(-c3ccc(Cl)s3)o2)sc2c1CCC2. The van der Waals surface area contributed by atoms with Gasteiger partial charge in [0.05, 0.1) is 27.1 Å². The monoisotopic (exact) mass is 469 g/mol. The fourth-order valence-electron chi connectivity index (χ4n) is 3.00. The number of fused-ring (bicyclic) bond motifs is 1. The molecule has 0 spiro atoms. The molecule has 0 saturated heterocycles. The molecule has 1 aliphatic carbocycles. The van der Waals surface area contributed by atoms with E-state index in [2.05, 4.69) is 15.5 Å².